The molecule has 3 atom stereocenters. The molecule has 0 amide bonds. The number of morpholine rings is 1. The van der Waals surface area contributed by atoms with E-state index in [2.05, 4.69) is 48.3 Å². The second kappa shape index (κ2) is 6.25. The van der Waals surface area contributed by atoms with Crippen molar-refractivity contribution in [3.63, 3.8) is 0 Å². The minimum atomic E-state index is 0.429. The molecule has 1 aromatic rings. The van der Waals surface area contributed by atoms with E-state index in [1.165, 1.54) is 24.0 Å². The van der Waals surface area contributed by atoms with Gasteiger partial charge in [0.2, 0.25) is 0 Å². The predicted octanol–water partition coefficient (Wildman–Crippen LogP) is 2.51. The maximum atomic E-state index is 5.94. The van der Waals surface area contributed by atoms with Crippen LogP contribution in [-0.4, -0.2) is 43.3 Å². The highest BCUT2D eigenvalue weighted by Gasteiger charge is 2.34. The quantitative estimate of drug-likeness (QED) is 0.893. The summed E-state index contributed by atoms with van der Waals surface area (Å²) in [5.74, 6) is 0. The summed E-state index contributed by atoms with van der Waals surface area (Å²) >= 11 is 0. The number of likely N-dealkylation sites (N-methyl/N-ethyl adjacent to an activating group) is 1. The zero-order valence-electron chi connectivity index (χ0n) is 12.6. The molecule has 2 saturated heterocycles. The molecule has 0 aromatic heterocycles. The lowest BCUT2D eigenvalue weighted by molar-refractivity contribution is -0.0407. The van der Waals surface area contributed by atoms with Gasteiger partial charge in [0.15, 0.2) is 0 Å². The number of likely N-dealkylation sites (tertiary alicyclic amines) is 1. The van der Waals surface area contributed by atoms with Crippen LogP contribution >= 0.6 is 0 Å². The molecule has 2 aliphatic heterocycles. The predicted molar refractivity (Wildman–Crippen MR) is 81.9 cm³/mol. The minimum Gasteiger partial charge on any atom is -0.372 e. The third-order valence-electron chi connectivity index (χ3n) is 4.57. The second-order valence-electron chi connectivity index (χ2n) is 6.14. The van der Waals surface area contributed by atoms with Crippen LogP contribution in [0.5, 0.6) is 0 Å². The molecule has 3 nitrogen and oxygen atoms in total. The van der Waals surface area contributed by atoms with Crippen molar-refractivity contribution in [2.45, 2.75) is 44.9 Å². The number of aryl methyl sites for hydroxylation is 1. The normalized spacial score (nSPS) is 27.7. The first-order valence-electron chi connectivity index (χ1n) is 7.93. The van der Waals surface area contributed by atoms with Crippen LogP contribution in [0.4, 0.5) is 0 Å². The zero-order chi connectivity index (χ0) is 13.9. The molecule has 0 radical (unpaired) electrons. The van der Waals surface area contributed by atoms with Gasteiger partial charge in [-0.25, -0.2) is 0 Å². The van der Waals surface area contributed by atoms with Crippen LogP contribution in [0.25, 0.3) is 0 Å². The summed E-state index contributed by atoms with van der Waals surface area (Å²) in [6.45, 7) is 8.71. The smallest absolute Gasteiger partial charge is 0.0707 e. The average Bonchev–Trinajstić information content (AvgIpc) is 2.78. The Morgan fingerprint density at radius 3 is 2.60 bits per heavy atom. The Hall–Kier alpha value is -0.900. The molecule has 20 heavy (non-hydrogen) atoms. The molecule has 110 valence electrons. The lowest BCUT2D eigenvalue weighted by Gasteiger charge is -2.35. The van der Waals surface area contributed by atoms with Crippen molar-refractivity contribution in [1.82, 2.24) is 10.2 Å². The third-order valence-corrected chi connectivity index (χ3v) is 4.57. The van der Waals surface area contributed by atoms with Crippen molar-refractivity contribution in [2.24, 2.45) is 0 Å². The van der Waals surface area contributed by atoms with Gasteiger partial charge < -0.3 is 10.1 Å². The van der Waals surface area contributed by atoms with E-state index in [0.29, 0.717) is 18.2 Å². The summed E-state index contributed by atoms with van der Waals surface area (Å²) < 4.78 is 5.94. The summed E-state index contributed by atoms with van der Waals surface area (Å²) in [7, 11) is 0. The number of rotatable bonds is 5. The average molecular weight is 274 g/mol. The molecule has 3 heteroatoms. The highest BCUT2D eigenvalue weighted by Crippen LogP contribution is 2.28. The Morgan fingerprint density at radius 2 is 1.95 bits per heavy atom. The Morgan fingerprint density at radius 1 is 1.25 bits per heavy atom. The first kappa shape index (κ1) is 14.1. The van der Waals surface area contributed by atoms with Crippen LogP contribution in [-0.2, 0) is 4.74 Å². The summed E-state index contributed by atoms with van der Waals surface area (Å²) in [6.07, 6.45) is 3.45. The standard InChI is InChI=1S/C17H26N2O/c1-3-18-17(16-7-5-4-6-13(16)2)12-19-10-14-8-9-15(11-19)20-14/h4-7,14-15,17-18H,3,8-12H2,1-2H3. The Kier molecular flexibility index (Phi) is 4.39. The van der Waals surface area contributed by atoms with Gasteiger partial charge in [-0.1, -0.05) is 31.2 Å². The maximum Gasteiger partial charge on any atom is 0.0707 e. The minimum absolute atomic E-state index is 0.429. The van der Waals surface area contributed by atoms with E-state index < -0.39 is 0 Å². The monoisotopic (exact) mass is 274 g/mol. The number of hydrogen-bond donors (Lipinski definition) is 1. The zero-order valence-corrected chi connectivity index (χ0v) is 12.6. The van der Waals surface area contributed by atoms with Gasteiger partial charge in [0, 0.05) is 25.7 Å². The van der Waals surface area contributed by atoms with E-state index in [9.17, 15) is 0 Å². The van der Waals surface area contributed by atoms with Crippen LogP contribution in [0.15, 0.2) is 24.3 Å². The number of hydrogen-bond acceptors (Lipinski definition) is 3. The van der Waals surface area contributed by atoms with Crippen molar-refractivity contribution >= 4 is 0 Å². The molecular weight excluding hydrogens is 248 g/mol. The second-order valence-corrected chi connectivity index (χ2v) is 6.14. The van der Waals surface area contributed by atoms with Gasteiger partial charge >= 0.3 is 0 Å². The summed E-state index contributed by atoms with van der Waals surface area (Å²) in [5.41, 5.74) is 2.82. The molecule has 1 aromatic carbocycles. The van der Waals surface area contributed by atoms with Crippen LogP contribution in [0.1, 0.15) is 36.9 Å². The molecule has 3 unspecified atom stereocenters. The van der Waals surface area contributed by atoms with E-state index in [1.54, 1.807) is 0 Å². The molecule has 2 bridgehead atoms. The number of nitrogens with zero attached hydrogens (tertiary/aromatic N) is 1. The van der Waals surface area contributed by atoms with E-state index in [1.807, 2.05) is 0 Å². The van der Waals surface area contributed by atoms with Gasteiger partial charge in [-0.15, -0.1) is 0 Å². The molecule has 3 rings (SSSR count). The number of ether oxygens (including phenoxy) is 1. The largest absolute Gasteiger partial charge is 0.372 e. The van der Waals surface area contributed by atoms with Gasteiger partial charge in [-0.2, -0.15) is 0 Å². The van der Waals surface area contributed by atoms with Crippen LogP contribution in [0.2, 0.25) is 0 Å². The van der Waals surface area contributed by atoms with E-state index in [4.69, 9.17) is 4.74 Å². The topological polar surface area (TPSA) is 24.5 Å². The first-order valence-corrected chi connectivity index (χ1v) is 7.93. The van der Waals surface area contributed by atoms with Gasteiger partial charge in [0.1, 0.15) is 0 Å². The van der Waals surface area contributed by atoms with Crippen molar-refractivity contribution in [2.75, 3.05) is 26.2 Å². The van der Waals surface area contributed by atoms with Crippen molar-refractivity contribution in [3.05, 3.63) is 35.4 Å². The Labute approximate surface area is 122 Å². The lowest BCUT2D eigenvalue weighted by atomic mass is 10.0. The fraction of sp³-hybridized carbons (Fsp3) is 0.647. The van der Waals surface area contributed by atoms with Crippen LogP contribution in [0.3, 0.4) is 0 Å². The number of nitrogens with one attached hydrogen (secondary N) is 1. The molecule has 0 saturated carbocycles. The van der Waals surface area contributed by atoms with Gasteiger partial charge in [-0.3, -0.25) is 4.90 Å². The summed E-state index contributed by atoms with van der Waals surface area (Å²) in [6, 6.07) is 9.17. The molecule has 2 heterocycles. The first-order chi connectivity index (χ1) is 9.76. The van der Waals surface area contributed by atoms with Crippen molar-refractivity contribution < 1.29 is 4.74 Å². The summed E-state index contributed by atoms with van der Waals surface area (Å²) in [5, 5.41) is 3.65. The molecule has 1 N–H and O–H groups in total. The van der Waals surface area contributed by atoms with Crippen LogP contribution in [0, 0.1) is 6.92 Å². The molecule has 0 spiro atoms. The fourth-order valence-electron chi connectivity index (χ4n) is 3.60. The van der Waals surface area contributed by atoms with E-state index in [-0.39, 0.29) is 0 Å². The van der Waals surface area contributed by atoms with Crippen molar-refractivity contribution in [1.29, 1.82) is 0 Å². The third kappa shape index (κ3) is 3.05. The molecule has 2 fully saturated rings. The Balaban J connectivity index is 1.70. The molecular formula is C17H26N2O. The van der Waals surface area contributed by atoms with E-state index in [0.717, 1.165) is 26.2 Å². The number of benzene rings is 1. The van der Waals surface area contributed by atoms with E-state index >= 15 is 0 Å². The highest BCUT2D eigenvalue weighted by atomic mass is 16.5. The van der Waals surface area contributed by atoms with Gasteiger partial charge in [-0.05, 0) is 37.4 Å². The lowest BCUT2D eigenvalue weighted by Crippen LogP contribution is -2.46. The number of fused-ring (bicyclic) bond motifs is 2. The molecule has 2 aliphatic rings. The van der Waals surface area contributed by atoms with Gasteiger partial charge in [0.05, 0.1) is 12.2 Å². The SMILES string of the molecule is CCNC(CN1CC2CCC(C1)O2)c1ccccc1C. The maximum absolute atomic E-state index is 5.94. The molecule has 0 aliphatic carbocycles. The van der Waals surface area contributed by atoms with Crippen molar-refractivity contribution in [3.8, 4) is 0 Å². The highest BCUT2D eigenvalue weighted by molar-refractivity contribution is 5.29. The van der Waals surface area contributed by atoms with Gasteiger partial charge in [0.25, 0.3) is 0 Å². The fourth-order valence-corrected chi connectivity index (χ4v) is 3.60. The summed E-state index contributed by atoms with van der Waals surface area (Å²) in [4.78, 5) is 2.59. The van der Waals surface area contributed by atoms with Crippen LogP contribution < -0.4 is 5.32 Å². The Bertz CT molecular complexity index is 436.